The number of aromatic nitrogens is 1. The van der Waals surface area contributed by atoms with Crippen LogP contribution in [0.3, 0.4) is 0 Å². The number of rotatable bonds is 4. The van der Waals surface area contributed by atoms with Crippen molar-refractivity contribution in [1.82, 2.24) is 10.3 Å². The third kappa shape index (κ3) is 2.98. The molecule has 5 nitrogen and oxygen atoms in total. The Hall–Kier alpha value is -1.62. The van der Waals surface area contributed by atoms with Gasteiger partial charge < -0.3 is 10.4 Å². The number of halogens is 1. The van der Waals surface area contributed by atoms with E-state index in [-0.39, 0.29) is 11.1 Å². The van der Waals surface area contributed by atoms with Crippen LogP contribution in [-0.4, -0.2) is 28.0 Å². The molecule has 1 fully saturated rings. The predicted octanol–water partition coefficient (Wildman–Crippen LogP) is 1.64. The second-order valence-corrected chi connectivity index (χ2v) is 4.83. The molecule has 0 aliphatic heterocycles. The van der Waals surface area contributed by atoms with E-state index in [4.69, 9.17) is 16.7 Å². The summed E-state index contributed by atoms with van der Waals surface area (Å²) < 4.78 is 0. The number of nitrogens with one attached hydrogen (secondary N) is 1. The molecule has 96 valence electrons. The van der Waals surface area contributed by atoms with E-state index in [0.29, 0.717) is 11.3 Å². The van der Waals surface area contributed by atoms with Crippen LogP contribution in [-0.2, 0) is 4.79 Å². The fourth-order valence-electron chi connectivity index (χ4n) is 1.79. The number of carbonyl (C=O) groups is 2. The van der Waals surface area contributed by atoms with Crippen molar-refractivity contribution in [2.24, 2.45) is 5.92 Å². The number of amides is 1. The fourth-order valence-corrected chi connectivity index (χ4v) is 2.05. The zero-order valence-corrected chi connectivity index (χ0v) is 10.6. The molecule has 1 saturated carbocycles. The van der Waals surface area contributed by atoms with Crippen molar-refractivity contribution < 1.29 is 14.7 Å². The van der Waals surface area contributed by atoms with Crippen molar-refractivity contribution in [2.45, 2.75) is 25.8 Å². The van der Waals surface area contributed by atoms with Gasteiger partial charge in [-0.15, -0.1) is 0 Å². The summed E-state index contributed by atoms with van der Waals surface area (Å²) in [4.78, 5) is 26.9. The van der Waals surface area contributed by atoms with Gasteiger partial charge in [0.1, 0.15) is 11.2 Å². The molecule has 1 amide bonds. The Morgan fingerprint density at radius 1 is 1.50 bits per heavy atom. The molecule has 1 heterocycles. The van der Waals surface area contributed by atoms with Gasteiger partial charge in [0.25, 0.3) is 5.91 Å². The van der Waals surface area contributed by atoms with Crippen molar-refractivity contribution in [3.05, 3.63) is 28.5 Å². The smallest absolute Gasteiger partial charge is 0.326 e. The van der Waals surface area contributed by atoms with Crippen LogP contribution >= 0.6 is 11.6 Å². The molecule has 1 aliphatic carbocycles. The van der Waals surface area contributed by atoms with Crippen molar-refractivity contribution in [3.63, 3.8) is 0 Å². The molecule has 1 aromatic heterocycles. The van der Waals surface area contributed by atoms with Crippen LogP contribution < -0.4 is 5.32 Å². The number of aliphatic carboxylic acids is 1. The highest BCUT2D eigenvalue weighted by atomic mass is 35.5. The molecule has 2 rings (SSSR count). The molecule has 0 bridgehead atoms. The van der Waals surface area contributed by atoms with Gasteiger partial charge in [0.05, 0.1) is 0 Å². The second kappa shape index (κ2) is 4.94. The minimum Gasteiger partial charge on any atom is -0.480 e. The van der Waals surface area contributed by atoms with E-state index in [9.17, 15) is 9.59 Å². The van der Waals surface area contributed by atoms with Crippen LogP contribution in [0.15, 0.2) is 12.1 Å². The summed E-state index contributed by atoms with van der Waals surface area (Å²) in [5.74, 6) is -1.38. The van der Waals surface area contributed by atoms with Crippen LogP contribution in [0.5, 0.6) is 0 Å². The van der Waals surface area contributed by atoms with Gasteiger partial charge in [-0.2, -0.15) is 0 Å². The van der Waals surface area contributed by atoms with Gasteiger partial charge in [-0.3, -0.25) is 4.79 Å². The Morgan fingerprint density at radius 3 is 2.67 bits per heavy atom. The first-order valence-electron chi connectivity index (χ1n) is 5.65. The van der Waals surface area contributed by atoms with Crippen molar-refractivity contribution in [2.75, 3.05) is 0 Å². The van der Waals surface area contributed by atoms with Crippen LogP contribution in [0, 0.1) is 12.8 Å². The first-order chi connectivity index (χ1) is 8.47. The first kappa shape index (κ1) is 12.8. The maximum atomic E-state index is 11.9. The summed E-state index contributed by atoms with van der Waals surface area (Å²) in [6.45, 7) is 1.72. The molecule has 0 radical (unpaired) electrons. The first-order valence-corrected chi connectivity index (χ1v) is 6.03. The summed E-state index contributed by atoms with van der Waals surface area (Å²) in [5.41, 5.74) is 0.949. The van der Waals surface area contributed by atoms with Crippen LogP contribution in [0.2, 0.25) is 5.15 Å². The molecule has 6 heteroatoms. The minimum absolute atomic E-state index is 0.0462. The van der Waals surface area contributed by atoms with Gasteiger partial charge in [-0.05, 0) is 37.8 Å². The average molecular weight is 269 g/mol. The SMILES string of the molecule is Cc1cc(C(=O)NC(C(=O)O)C2CC2)cc(Cl)n1. The third-order valence-electron chi connectivity index (χ3n) is 2.83. The molecule has 2 N–H and O–H groups in total. The maximum absolute atomic E-state index is 11.9. The van der Waals surface area contributed by atoms with Gasteiger partial charge in [-0.1, -0.05) is 11.6 Å². The predicted molar refractivity (Wildman–Crippen MR) is 65.6 cm³/mol. The van der Waals surface area contributed by atoms with E-state index in [1.165, 1.54) is 6.07 Å². The molecule has 1 unspecified atom stereocenters. The number of pyridine rings is 1. The van der Waals surface area contributed by atoms with E-state index in [1.807, 2.05) is 0 Å². The molecule has 18 heavy (non-hydrogen) atoms. The lowest BCUT2D eigenvalue weighted by Crippen LogP contribution is -2.42. The number of hydrogen-bond donors (Lipinski definition) is 2. The Bertz CT molecular complexity index is 480. The number of nitrogens with zero attached hydrogens (tertiary/aromatic N) is 1. The van der Waals surface area contributed by atoms with Crippen LogP contribution in [0.4, 0.5) is 0 Å². The highest BCUT2D eigenvalue weighted by Crippen LogP contribution is 2.32. The highest BCUT2D eigenvalue weighted by Gasteiger charge is 2.37. The Morgan fingerprint density at radius 2 is 2.17 bits per heavy atom. The number of hydrogen-bond acceptors (Lipinski definition) is 3. The van der Waals surface area contributed by atoms with E-state index < -0.39 is 17.9 Å². The molecule has 1 aromatic rings. The van der Waals surface area contributed by atoms with Gasteiger partial charge in [0.2, 0.25) is 0 Å². The highest BCUT2D eigenvalue weighted by molar-refractivity contribution is 6.29. The van der Waals surface area contributed by atoms with E-state index in [1.54, 1.807) is 13.0 Å². The molecular formula is C12H13ClN2O3. The number of carboxylic acid groups (broad SMARTS) is 1. The van der Waals surface area contributed by atoms with Crippen molar-refractivity contribution in [3.8, 4) is 0 Å². The number of carboxylic acids is 1. The van der Waals surface area contributed by atoms with Crippen LogP contribution in [0.25, 0.3) is 0 Å². The normalized spacial score (nSPS) is 16.1. The number of aryl methyl sites for hydroxylation is 1. The summed E-state index contributed by atoms with van der Waals surface area (Å²) in [5, 5.41) is 11.8. The van der Waals surface area contributed by atoms with Crippen molar-refractivity contribution >= 4 is 23.5 Å². The van der Waals surface area contributed by atoms with E-state index in [0.717, 1.165) is 12.8 Å². The van der Waals surface area contributed by atoms with Gasteiger partial charge in [-0.25, -0.2) is 9.78 Å². The van der Waals surface area contributed by atoms with Gasteiger partial charge in [0, 0.05) is 11.3 Å². The molecule has 0 spiro atoms. The van der Waals surface area contributed by atoms with Crippen molar-refractivity contribution in [1.29, 1.82) is 0 Å². The Balaban J connectivity index is 2.13. The second-order valence-electron chi connectivity index (χ2n) is 4.45. The maximum Gasteiger partial charge on any atom is 0.326 e. The van der Waals surface area contributed by atoms with Gasteiger partial charge in [0.15, 0.2) is 0 Å². The van der Waals surface area contributed by atoms with Gasteiger partial charge >= 0.3 is 5.97 Å². The largest absolute Gasteiger partial charge is 0.480 e. The fraction of sp³-hybridized carbons (Fsp3) is 0.417. The molecular weight excluding hydrogens is 256 g/mol. The molecule has 1 atom stereocenters. The summed E-state index contributed by atoms with van der Waals surface area (Å²) in [6, 6.07) is 2.19. The standard InChI is InChI=1S/C12H13ClN2O3/c1-6-4-8(5-9(13)14-6)11(16)15-10(12(17)18)7-2-3-7/h4-5,7,10H,2-3H2,1H3,(H,15,16)(H,17,18). The quantitative estimate of drug-likeness (QED) is 0.814. The summed E-state index contributed by atoms with van der Waals surface area (Å²) in [6.07, 6.45) is 1.68. The summed E-state index contributed by atoms with van der Waals surface area (Å²) >= 11 is 5.76. The molecule has 0 aromatic carbocycles. The third-order valence-corrected chi connectivity index (χ3v) is 3.02. The van der Waals surface area contributed by atoms with E-state index in [2.05, 4.69) is 10.3 Å². The Kier molecular flexibility index (Phi) is 3.52. The Labute approximate surface area is 109 Å². The monoisotopic (exact) mass is 268 g/mol. The number of carbonyl (C=O) groups excluding carboxylic acids is 1. The zero-order chi connectivity index (χ0) is 13.3. The lowest BCUT2D eigenvalue weighted by molar-refractivity contribution is -0.139. The minimum atomic E-state index is -0.997. The topological polar surface area (TPSA) is 79.3 Å². The zero-order valence-electron chi connectivity index (χ0n) is 9.81. The average Bonchev–Trinajstić information content (AvgIpc) is 3.07. The lowest BCUT2D eigenvalue weighted by atomic mass is 10.1. The molecule has 0 saturated heterocycles. The lowest BCUT2D eigenvalue weighted by Gasteiger charge is -2.13. The summed E-state index contributed by atoms with van der Waals surface area (Å²) in [7, 11) is 0. The van der Waals surface area contributed by atoms with E-state index >= 15 is 0 Å². The molecule has 1 aliphatic rings. The van der Waals surface area contributed by atoms with Crippen LogP contribution in [0.1, 0.15) is 28.9 Å².